The maximum atomic E-state index is 2.49. The fourth-order valence-corrected chi connectivity index (χ4v) is 4.76. The Morgan fingerprint density at radius 3 is 2.32 bits per heavy atom. The van der Waals surface area contributed by atoms with Crippen molar-refractivity contribution in [1.82, 2.24) is 0 Å². The summed E-state index contributed by atoms with van der Waals surface area (Å²) in [7, 11) is 0. The Morgan fingerprint density at radius 1 is 1.11 bits per heavy atom. The van der Waals surface area contributed by atoms with Gasteiger partial charge in [0.1, 0.15) is 0 Å². The van der Waals surface area contributed by atoms with Crippen molar-refractivity contribution in [3.05, 3.63) is 35.4 Å². The van der Waals surface area contributed by atoms with Crippen LogP contribution in [0.4, 0.5) is 0 Å². The highest BCUT2D eigenvalue weighted by Gasteiger charge is 2.54. The van der Waals surface area contributed by atoms with E-state index in [1.54, 1.807) is 5.56 Å². The van der Waals surface area contributed by atoms with Crippen LogP contribution in [-0.2, 0) is 6.42 Å². The van der Waals surface area contributed by atoms with Crippen LogP contribution >= 0.6 is 0 Å². The third-order valence-corrected chi connectivity index (χ3v) is 6.43. The van der Waals surface area contributed by atoms with Gasteiger partial charge in [-0.2, -0.15) is 0 Å². The van der Waals surface area contributed by atoms with Crippen LogP contribution in [0.2, 0.25) is 0 Å². The second-order valence-electron chi connectivity index (χ2n) is 7.54. The molecule has 0 aromatic heterocycles. The Kier molecular flexibility index (Phi) is 3.23. The van der Waals surface area contributed by atoms with Crippen LogP contribution < -0.4 is 0 Å². The number of hydrogen-bond donors (Lipinski definition) is 0. The van der Waals surface area contributed by atoms with Crippen molar-refractivity contribution >= 4 is 0 Å². The molecule has 2 fully saturated rings. The highest BCUT2D eigenvalue weighted by molar-refractivity contribution is 5.28. The van der Waals surface area contributed by atoms with Crippen molar-refractivity contribution in [1.29, 1.82) is 0 Å². The lowest BCUT2D eigenvalue weighted by Gasteiger charge is -2.40. The highest BCUT2D eigenvalue weighted by Crippen LogP contribution is 2.63. The van der Waals surface area contributed by atoms with E-state index in [4.69, 9.17) is 0 Å². The molecule has 2 bridgehead atoms. The van der Waals surface area contributed by atoms with Gasteiger partial charge < -0.3 is 0 Å². The second kappa shape index (κ2) is 4.65. The predicted molar refractivity (Wildman–Crippen MR) is 82.3 cm³/mol. The fourth-order valence-electron chi connectivity index (χ4n) is 4.76. The minimum absolute atomic E-state index is 0.573. The Hall–Kier alpha value is -0.780. The molecule has 0 spiro atoms. The van der Waals surface area contributed by atoms with Crippen molar-refractivity contribution < 1.29 is 0 Å². The Balaban J connectivity index is 1.78. The van der Waals surface area contributed by atoms with E-state index in [9.17, 15) is 0 Å². The van der Waals surface area contributed by atoms with Gasteiger partial charge in [-0.05, 0) is 59.5 Å². The maximum absolute atomic E-state index is 2.49. The van der Waals surface area contributed by atoms with Gasteiger partial charge in [-0.15, -0.1) is 0 Å². The average Bonchev–Trinajstić information content (AvgIpc) is 2.91. The van der Waals surface area contributed by atoms with E-state index in [0.29, 0.717) is 5.41 Å². The van der Waals surface area contributed by atoms with Crippen molar-refractivity contribution in [2.45, 2.75) is 59.3 Å². The van der Waals surface area contributed by atoms with E-state index in [-0.39, 0.29) is 0 Å². The van der Waals surface area contributed by atoms with E-state index in [2.05, 4.69) is 52.0 Å². The van der Waals surface area contributed by atoms with E-state index in [1.807, 2.05) is 0 Å². The van der Waals surface area contributed by atoms with Gasteiger partial charge in [0.15, 0.2) is 0 Å². The van der Waals surface area contributed by atoms with E-state index < -0.39 is 0 Å². The second-order valence-corrected chi connectivity index (χ2v) is 7.54. The van der Waals surface area contributed by atoms with Gasteiger partial charge in [0, 0.05) is 0 Å². The molecule has 3 rings (SSSR count). The lowest BCUT2D eigenvalue weighted by molar-refractivity contribution is 0.122. The minimum Gasteiger partial charge on any atom is -0.0651 e. The van der Waals surface area contributed by atoms with E-state index >= 15 is 0 Å². The van der Waals surface area contributed by atoms with Gasteiger partial charge in [-0.25, -0.2) is 0 Å². The topological polar surface area (TPSA) is 0 Å². The molecule has 0 aliphatic heterocycles. The molecule has 0 N–H and O–H groups in total. The molecule has 0 amide bonds. The summed E-state index contributed by atoms with van der Waals surface area (Å²) in [5.74, 6) is 3.60. The van der Waals surface area contributed by atoms with Crippen LogP contribution in [0.5, 0.6) is 0 Å². The summed E-state index contributed by atoms with van der Waals surface area (Å²) in [6, 6.07) is 9.55. The molecule has 4 unspecified atom stereocenters. The summed E-state index contributed by atoms with van der Waals surface area (Å²) >= 11 is 0. The van der Waals surface area contributed by atoms with Crippen LogP contribution in [0.25, 0.3) is 0 Å². The molecule has 0 heteroatoms. The van der Waals surface area contributed by atoms with Gasteiger partial charge in [0.2, 0.25) is 0 Å². The van der Waals surface area contributed by atoms with Gasteiger partial charge in [0.05, 0.1) is 0 Å². The molecule has 1 aromatic rings. The average molecular weight is 256 g/mol. The van der Waals surface area contributed by atoms with Gasteiger partial charge in [-0.1, -0.05) is 58.4 Å². The zero-order valence-electron chi connectivity index (χ0n) is 12.9. The Morgan fingerprint density at radius 2 is 1.79 bits per heavy atom. The standard InChI is InChI=1S/C19H28/c1-5-6-14-7-9-15(10-8-14)18-12-16-11-17(18)13(2)19(16,3)4/h7-10,13,16-18H,5-6,11-12H2,1-4H3. The SMILES string of the molecule is CCCc1ccc(C2CC3CC2C(C)C3(C)C)cc1. The smallest absolute Gasteiger partial charge is 0.0128 e. The highest BCUT2D eigenvalue weighted by atomic mass is 14.6. The summed E-state index contributed by atoms with van der Waals surface area (Å²) in [5.41, 5.74) is 3.68. The number of hydrogen-bond acceptors (Lipinski definition) is 0. The molecule has 2 aliphatic rings. The van der Waals surface area contributed by atoms with Gasteiger partial charge in [0.25, 0.3) is 0 Å². The largest absolute Gasteiger partial charge is 0.0651 e. The summed E-state index contributed by atoms with van der Waals surface area (Å²) in [6.45, 7) is 9.72. The predicted octanol–water partition coefficient (Wildman–Crippen LogP) is 5.42. The Bertz CT molecular complexity index is 436. The third-order valence-electron chi connectivity index (χ3n) is 6.43. The number of fused-ring (bicyclic) bond motifs is 2. The number of benzene rings is 1. The summed E-state index contributed by atoms with van der Waals surface area (Å²) in [5, 5.41) is 0. The zero-order chi connectivity index (χ0) is 13.6. The lowest BCUT2D eigenvalue weighted by Crippen LogP contribution is -2.32. The van der Waals surface area contributed by atoms with Crippen LogP contribution in [0.3, 0.4) is 0 Å². The summed E-state index contributed by atoms with van der Waals surface area (Å²) in [6.07, 6.45) is 5.36. The third kappa shape index (κ3) is 2.04. The molecule has 0 saturated heterocycles. The zero-order valence-corrected chi connectivity index (χ0v) is 12.9. The van der Waals surface area contributed by atoms with Crippen LogP contribution in [0.15, 0.2) is 24.3 Å². The monoisotopic (exact) mass is 256 g/mol. The first-order valence-electron chi connectivity index (χ1n) is 8.13. The molecule has 19 heavy (non-hydrogen) atoms. The summed E-state index contributed by atoms with van der Waals surface area (Å²) < 4.78 is 0. The number of rotatable bonds is 3. The Labute approximate surface area is 118 Å². The van der Waals surface area contributed by atoms with Gasteiger partial charge in [-0.3, -0.25) is 0 Å². The van der Waals surface area contributed by atoms with Crippen LogP contribution in [0.1, 0.15) is 64.0 Å². The molecule has 0 heterocycles. The van der Waals surface area contributed by atoms with Crippen molar-refractivity contribution in [3.63, 3.8) is 0 Å². The fraction of sp³-hybridized carbons (Fsp3) is 0.684. The normalized spacial score (nSPS) is 35.8. The molecular weight excluding hydrogens is 228 g/mol. The van der Waals surface area contributed by atoms with Crippen LogP contribution in [-0.4, -0.2) is 0 Å². The summed E-state index contributed by atoms with van der Waals surface area (Å²) in [4.78, 5) is 0. The maximum Gasteiger partial charge on any atom is -0.0128 e. The van der Waals surface area contributed by atoms with Crippen molar-refractivity contribution in [3.8, 4) is 0 Å². The number of aryl methyl sites for hydroxylation is 1. The van der Waals surface area contributed by atoms with Crippen LogP contribution in [0, 0.1) is 23.2 Å². The first-order chi connectivity index (χ1) is 9.04. The molecule has 1 aromatic carbocycles. The molecule has 2 aliphatic carbocycles. The molecule has 4 atom stereocenters. The molecule has 104 valence electrons. The lowest BCUT2D eigenvalue weighted by atomic mass is 9.65. The van der Waals surface area contributed by atoms with Gasteiger partial charge >= 0.3 is 0 Å². The van der Waals surface area contributed by atoms with E-state index in [1.165, 1.54) is 31.2 Å². The quantitative estimate of drug-likeness (QED) is 0.677. The molecule has 0 radical (unpaired) electrons. The van der Waals surface area contributed by atoms with E-state index in [0.717, 1.165) is 23.7 Å². The molecular formula is C19H28. The first-order valence-corrected chi connectivity index (χ1v) is 8.13. The first kappa shape index (κ1) is 13.2. The molecule has 2 saturated carbocycles. The minimum atomic E-state index is 0.573. The van der Waals surface area contributed by atoms with Crippen molar-refractivity contribution in [2.75, 3.05) is 0 Å². The van der Waals surface area contributed by atoms with Crippen molar-refractivity contribution in [2.24, 2.45) is 23.2 Å². The molecule has 0 nitrogen and oxygen atoms in total.